The summed E-state index contributed by atoms with van der Waals surface area (Å²) in [5, 5.41) is 14.1. The van der Waals surface area contributed by atoms with Crippen molar-refractivity contribution in [3.8, 4) is 0 Å². The number of piperazine rings is 1. The number of nitroso groups, excluding NO2 is 1. The fraction of sp³-hybridized carbons (Fsp3) is 0.217. The Morgan fingerprint density at radius 2 is 1.72 bits per heavy atom. The van der Waals surface area contributed by atoms with Crippen LogP contribution in [-0.4, -0.2) is 52.7 Å². The lowest BCUT2D eigenvalue weighted by Crippen LogP contribution is -2.44. The van der Waals surface area contributed by atoms with E-state index in [4.69, 9.17) is 0 Å². The van der Waals surface area contributed by atoms with Crippen molar-refractivity contribution in [3.05, 3.63) is 71.8 Å². The number of fused-ring (bicyclic) bond motifs is 1. The molecule has 4 aromatic rings. The van der Waals surface area contributed by atoms with Gasteiger partial charge in [-0.05, 0) is 66.8 Å². The molecule has 162 valence electrons. The standard InChI is InChI=1S/C23H24N8O/c1-29-12-14-30(15-13-29)20-9-7-17(8-10-20)25-23-26-22(21-6-3-11-31(21)27-23)24-18-4-2-5-19(16-18)28-32/h2-11,16H,12-15H2,1H3,(H2,24,25,26,27). The monoisotopic (exact) mass is 428 g/mol. The molecule has 0 bridgehead atoms. The van der Waals surface area contributed by atoms with Gasteiger partial charge in [0, 0.05) is 49.4 Å². The van der Waals surface area contributed by atoms with Crippen LogP contribution in [-0.2, 0) is 0 Å². The van der Waals surface area contributed by atoms with E-state index in [1.54, 1.807) is 22.7 Å². The topological polar surface area (TPSA) is 90.2 Å². The van der Waals surface area contributed by atoms with Crippen LogP contribution in [0.15, 0.2) is 72.0 Å². The summed E-state index contributed by atoms with van der Waals surface area (Å²) in [5.41, 5.74) is 4.04. The van der Waals surface area contributed by atoms with Crippen molar-refractivity contribution < 1.29 is 0 Å². The molecule has 3 heterocycles. The van der Waals surface area contributed by atoms with Gasteiger partial charge < -0.3 is 20.4 Å². The SMILES string of the molecule is CN1CCN(c2ccc(Nc3nc(Nc4cccc(N=O)c4)c4cccn4n3)cc2)CC1. The Kier molecular flexibility index (Phi) is 5.39. The highest BCUT2D eigenvalue weighted by Crippen LogP contribution is 2.26. The number of hydrogen-bond donors (Lipinski definition) is 2. The van der Waals surface area contributed by atoms with Crippen molar-refractivity contribution in [3.63, 3.8) is 0 Å². The molecule has 32 heavy (non-hydrogen) atoms. The molecular formula is C23H24N8O. The number of benzene rings is 2. The second-order valence-electron chi connectivity index (χ2n) is 7.85. The predicted molar refractivity (Wildman–Crippen MR) is 128 cm³/mol. The normalized spacial score (nSPS) is 14.5. The molecular weight excluding hydrogens is 404 g/mol. The first kappa shape index (κ1) is 20.0. The summed E-state index contributed by atoms with van der Waals surface area (Å²) >= 11 is 0. The average molecular weight is 429 g/mol. The Bertz CT molecular complexity index is 1230. The van der Waals surface area contributed by atoms with Gasteiger partial charge in [-0.2, -0.15) is 4.98 Å². The molecule has 0 amide bonds. The number of nitrogens with one attached hydrogen (secondary N) is 2. The molecule has 1 aliphatic rings. The molecule has 9 nitrogen and oxygen atoms in total. The first-order valence-corrected chi connectivity index (χ1v) is 10.5. The van der Waals surface area contributed by atoms with E-state index in [0.29, 0.717) is 17.5 Å². The van der Waals surface area contributed by atoms with E-state index in [9.17, 15) is 4.91 Å². The molecule has 1 saturated heterocycles. The van der Waals surface area contributed by atoms with E-state index in [1.165, 1.54) is 5.69 Å². The van der Waals surface area contributed by atoms with Gasteiger partial charge in [-0.3, -0.25) is 0 Å². The molecule has 1 aliphatic heterocycles. The van der Waals surface area contributed by atoms with Crippen LogP contribution >= 0.6 is 0 Å². The summed E-state index contributed by atoms with van der Waals surface area (Å²) in [6, 6.07) is 19.1. The molecule has 0 atom stereocenters. The molecule has 2 N–H and O–H groups in total. The molecule has 0 aliphatic carbocycles. The van der Waals surface area contributed by atoms with E-state index in [0.717, 1.165) is 43.1 Å². The summed E-state index contributed by atoms with van der Waals surface area (Å²) in [4.78, 5) is 20.3. The molecule has 0 radical (unpaired) electrons. The molecule has 1 fully saturated rings. The van der Waals surface area contributed by atoms with Gasteiger partial charge in [0.2, 0.25) is 5.95 Å². The van der Waals surface area contributed by atoms with E-state index in [-0.39, 0.29) is 0 Å². The first-order valence-electron chi connectivity index (χ1n) is 10.5. The van der Waals surface area contributed by atoms with Gasteiger partial charge in [-0.25, -0.2) is 4.52 Å². The predicted octanol–water partition coefficient (Wildman–Crippen LogP) is 4.37. The molecule has 0 spiro atoms. The van der Waals surface area contributed by atoms with Crippen molar-refractivity contribution in [1.82, 2.24) is 19.5 Å². The number of nitrogens with zero attached hydrogens (tertiary/aromatic N) is 6. The largest absolute Gasteiger partial charge is 0.369 e. The van der Waals surface area contributed by atoms with Gasteiger partial charge in [-0.1, -0.05) is 6.07 Å². The van der Waals surface area contributed by atoms with Crippen LogP contribution in [0.2, 0.25) is 0 Å². The minimum Gasteiger partial charge on any atom is -0.369 e. The third-order valence-electron chi connectivity index (χ3n) is 5.60. The molecule has 0 saturated carbocycles. The number of anilines is 5. The van der Waals surface area contributed by atoms with E-state index >= 15 is 0 Å². The van der Waals surface area contributed by atoms with Crippen LogP contribution in [0.25, 0.3) is 5.52 Å². The maximum absolute atomic E-state index is 10.9. The lowest BCUT2D eigenvalue weighted by Gasteiger charge is -2.34. The number of likely N-dealkylation sites (N-methyl/N-ethyl adjacent to an activating group) is 1. The lowest BCUT2D eigenvalue weighted by molar-refractivity contribution is 0.313. The number of aromatic nitrogens is 3. The van der Waals surface area contributed by atoms with Crippen LogP contribution in [0.3, 0.4) is 0 Å². The zero-order valence-electron chi connectivity index (χ0n) is 17.8. The van der Waals surface area contributed by atoms with Gasteiger partial charge in [0.05, 0.1) is 0 Å². The highest BCUT2D eigenvalue weighted by molar-refractivity contribution is 5.75. The van der Waals surface area contributed by atoms with Crippen molar-refractivity contribution in [2.75, 3.05) is 48.8 Å². The summed E-state index contributed by atoms with van der Waals surface area (Å²) in [7, 11) is 2.16. The highest BCUT2D eigenvalue weighted by atomic mass is 16.3. The smallest absolute Gasteiger partial charge is 0.247 e. The average Bonchev–Trinajstić information content (AvgIpc) is 3.29. The van der Waals surface area contributed by atoms with Gasteiger partial charge in [0.25, 0.3) is 0 Å². The maximum atomic E-state index is 10.9. The quantitative estimate of drug-likeness (QED) is 0.441. The summed E-state index contributed by atoms with van der Waals surface area (Å²) < 4.78 is 1.76. The fourth-order valence-electron chi connectivity index (χ4n) is 3.81. The van der Waals surface area contributed by atoms with E-state index in [2.05, 4.69) is 54.9 Å². The van der Waals surface area contributed by atoms with Crippen LogP contribution in [0.1, 0.15) is 0 Å². The zero-order chi connectivity index (χ0) is 21.9. The summed E-state index contributed by atoms with van der Waals surface area (Å²) in [6.07, 6.45) is 1.87. The van der Waals surface area contributed by atoms with Crippen molar-refractivity contribution in [2.45, 2.75) is 0 Å². The second-order valence-corrected chi connectivity index (χ2v) is 7.85. The van der Waals surface area contributed by atoms with Crippen LogP contribution in [0, 0.1) is 4.91 Å². The van der Waals surface area contributed by atoms with Crippen LogP contribution in [0.4, 0.5) is 34.5 Å². The van der Waals surface area contributed by atoms with Crippen molar-refractivity contribution in [1.29, 1.82) is 0 Å². The fourth-order valence-corrected chi connectivity index (χ4v) is 3.81. The van der Waals surface area contributed by atoms with E-state index in [1.807, 2.05) is 36.5 Å². The molecule has 2 aromatic heterocycles. The molecule has 0 unspecified atom stereocenters. The first-order chi connectivity index (χ1) is 15.7. The van der Waals surface area contributed by atoms with Gasteiger partial charge in [0.1, 0.15) is 11.2 Å². The third kappa shape index (κ3) is 4.23. The van der Waals surface area contributed by atoms with Crippen LogP contribution < -0.4 is 15.5 Å². The number of hydrogen-bond acceptors (Lipinski definition) is 8. The van der Waals surface area contributed by atoms with Gasteiger partial charge in [0.15, 0.2) is 5.82 Å². The zero-order valence-corrected chi connectivity index (χ0v) is 17.8. The summed E-state index contributed by atoms with van der Waals surface area (Å²) in [5.74, 6) is 1.10. The minimum absolute atomic E-state index is 0.356. The van der Waals surface area contributed by atoms with Crippen LogP contribution in [0.5, 0.6) is 0 Å². The Balaban J connectivity index is 1.37. The van der Waals surface area contributed by atoms with E-state index < -0.39 is 0 Å². The molecule has 9 heteroatoms. The minimum atomic E-state index is 0.356. The van der Waals surface area contributed by atoms with Crippen molar-refractivity contribution >= 4 is 40.0 Å². The molecule has 2 aromatic carbocycles. The lowest BCUT2D eigenvalue weighted by atomic mass is 10.2. The van der Waals surface area contributed by atoms with Gasteiger partial charge in [-0.15, -0.1) is 10.0 Å². The Hall–Kier alpha value is -3.98. The molecule has 5 rings (SSSR count). The highest BCUT2D eigenvalue weighted by Gasteiger charge is 2.14. The Morgan fingerprint density at radius 1 is 0.906 bits per heavy atom. The van der Waals surface area contributed by atoms with Crippen molar-refractivity contribution in [2.24, 2.45) is 5.18 Å². The maximum Gasteiger partial charge on any atom is 0.247 e. The summed E-state index contributed by atoms with van der Waals surface area (Å²) in [6.45, 7) is 4.22. The third-order valence-corrected chi connectivity index (χ3v) is 5.60. The van der Waals surface area contributed by atoms with Gasteiger partial charge >= 0.3 is 0 Å². The Morgan fingerprint density at radius 3 is 2.50 bits per heavy atom. The number of rotatable bonds is 6. The second kappa shape index (κ2) is 8.64. The Labute approximate surface area is 185 Å².